The monoisotopic (exact) mass is 123 g/mol. The average molecular weight is 123 g/mol. The Bertz CT molecular complexity index is 181. The van der Waals surface area contributed by atoms with E-state index in [4.69, 9.17) is 5.11 Å². The summed E-state index contributed by atoms with van der Waals surface area (Å²) < 4.78 is 1.35. The number of hydrogen-bond acceptors (Lipinski definition) is 2. The highest BCUT2D eigenvalue weighted by Gasteiger charge is 1.96. The molecule has 0 spiro atoms. The van der Waals surface area contributed by atoms with Crippen molar-refractivity contribution in [2.45, 2.75) is 6.23 Å². The van der Waals surface area contributed by atoms with Crippen LogP contribution in [0.25, 0.3) is 0 Å². The number of nitrogens with zero attached hydrogens (tertiary/aromatic N) is 2. The Hall–Kier alpha value is -1.09. The molecule has 0 fully saturated rings. The fraction of sp³-hybridized carbons (Fsp3) is 0.167. The van der Waals surface area contributed by atoms with Crippen LogP contribution in [0, 0.1) is 6.20 Å². The van der Waals surface area contributed by atoms with Gasteiger partial charge in [-0.2, -0.15) is 5.10 Å². The largest absolute Gasteiger partial charge is 0.368 e. The lowest BCUT2D eigenvalue weighted by molar-refractivity contribution is 0.140. The second-order valence-electron chi connectivity index (χ2n) is 1.57. The van der Waals surface area contributed by atoms with Crippen molar-refractivity contribution in [3.8, 4) is 0 Å². The first-order valence-corrected chi connectivity index (χ1v) is 2.56. The molecule has 0 amide bonds. The molecule has 3 nitrogen and oxygen atoms in total. The quantitative estimate of drug-likeness (QED) is 0.576. The summed E-state index contributed by atoms with van der Waals surface area (Å²) in [4.78, 5) is 0. The van der Waals surface area contributed by atoms with Gasteiger partial charge in [0.05, 0.1) is 0 Å². The van der Waals surface area contributed by atoms with Gasteiger partial charge in [0.15, 0.2) is 6.23 Å². The van der Waals surface area contributed by atoms with Crippen LogP contribution in [0.4, 0.5) is 0 Å². The summed E-state index contributed by atoms with van der Waals surface area (Å²) in [7, 11) is 0. The van der Waals surface area contributed by atoms with Gasteiger partial charge in [0.1, 0.15) is 6.20 Å². The fourth-order valence-corrected chi connectivity index (χ4v) is 0.498. The molecule has 9 heavy (non-hydrogen) atoms. The Balaban J connectivity index is 2.76. The molecule has 0 aliphatic heterocycles. The van der Waals surface area contributed by atoms with E-state index in [-0.39, 0.29) is 0 Å². The van der Waals surface area contributed by atoms with Gasteiger partial charge in [-0.05, 0) is 12.1 Å². The second kappa shape index (κ2) is 2.46. The molecule has 1 N–H and O–H groups in total. The summed E-state index contributed by atoms with van der Waals surface area (Å²) in [5.41, 5.74) is 0. The standard InChI is InChI=1S/C6H7N2O/c1-2-6(9)8-5-3-4-7-8/h2-3,5-6,9H,1H2. The van der Waals surface area contributed by atoms with Crippen LogP contribution in [0.3, 0.4) is 0 Å². The van der Waals surface area contributed by atoms with E-state index in [0.29, 0.717) is 0 Å². The molecule has 1 unspecified atom stereocenters. The molecule has 3 heteroatoms. The van der Waals surface area contributed by atoms with Gasteiger partial charge in [-0.3, -0.25) is 0 Å². The number of aliphatic hydroxyl groups is 1. The molecule has 1 atom stereocenters. The number of rotatable bonds is 2. The average Bonchev–Trinajstić information content (AvgIpc) is 2.37. The number of hydrogen-bond donors (Lipinski definition) is 1. The maximum Gasteiger partial charge on any atom is 0.165 e. The van der Waals surface area contributed by atoms with Gasteiger partial charge in [0.2, 0.25) is 0 Å². The van der Waals surface area contributed by atoms with E-state index >= 15 is 0 Å². The van der Waals surface area contributed by atoms with E-state index in [0.717, 1.165) is 0 Å². The second-order valence-corrected chi connectivity index (χ2v) is 1.57. The Morgan fingerprint density at radius 3 is 3.11 bits per heavy atom. The van der Waals surface area contributed by atoms with Crippen molar-refractivity contribution in [1.29, 1.82) is 0 Å². The first-order chi connectivity index (χ1) is 4.34. The Labute approximate surface area is 53.2 Å². The van der Waals surface area contributed by atoms with E-state index in [1.165, 1.54) is 10.8 Å². The maximum absolute atomic E-state index is 8.98. The molecule has 0 bridgehead atoms. The Morgan fingerprint density at radius 2 is 2.67 bits per heavy atom. The fourth-order valence-electron chi connectivity index (χ4n) is 0.498. The molecule has 1 heterocycles. The highest BCUT2D eigenvalue weighted by molar-refractivity contribution is 4.82. The van der Waals surface area contributed by atoms with Gasteiger partial charge in [0, 0.05) is 6.20 Å². The van der Waals surface area contributed by atoms with Crippen molar-refractivity contribution >= 4 is 0 Å². The predicted octanol–water partition coefficient (Wildman–Crippen LogP) is 0.360. The molecule has 1 aromatic rings. The third kappa shape index (κ3) is 1.17. The van der Waals surface area contributed by atoms with Gasteiger partial charge in [-0.25, -0.2) is 4.68 Å². The minimum atomic E-state index is -0.726. The Morgan fingerprint density at radius 1 is 1.89 bits per heavy atom. The summed E-state index contributed by atoms with van der Waals surface area (Å²) in [6, 6.07) is 1.62. The molecule has 0 aliphatic rings. The molecule has 0 aliphatic carbocycles. The normalized spacial score (nSPS) is 13.0. The van der Waals surface area contributed by atoms with Gasteiger partial charge in [-0.15, -0.1) is 0 Å². The molecule has 1 aromatic heterocycles. The van der Waals surface area contributed by atoms with Gasteiger partial charge < -0.3 is 5.11 Å². The zero-order valence-electron chi connectivity index (χ0n) is 4.86. The molecular formula is C6H7N2O. The van der Waals surface area contributed by atoms with Crippen LogP contribution in [0.1, 0.15) is 6.23 Å². The highest BCUT2D eigenvalue weighted by atomic mass is 16.3. The van der Waals surface area contributed by atoms with Crippen LogP contribution in [0.15, 0.2) is 24.9 Å². The molecule has 1 rings (SSSR count). The number of aromatic nitrogens is 2. The van der Waals surface area contributed by atoms with Crippen molar-refractivity contribution in [1.82, 2.24) is 9.78 Å². The Kier molecular flexibility index (Phi) is 1.65. The minimum absolute atomic E-state index is 0.726. The van der Waals surface area contributed by atoms with Gasteiger partial charge in [-0.1, -0.05) is 6.58 Å². The summed E-state index contributed by atoms with van der Waals surface area (Å²) in [6.07, 6.45) is 4.83. The minimum Gasteiger partial charge on any atom is -0.368 e. The van der Waals surface area contributed by atoms with Crippen LogP contribution >= 0.6 is 0 Å². The molecule has 0 saturated heterocycles. The van der Waals surface area contributed by atoms with Crippen molar-refractivity contribution in [2.75, 3.05) is 0 Å². The lowest BCUT2D eigenvalue weighted by Gasteiger charge is -2.02. The van der Waals surface area contributed by atoms with Crippen molar-refractivity contribution in [3.05, 3.63) is 31.1 Å². The van der Waals surface area contributed by atoms with Crippen molar-refractivity contribution in [3.63, 3.8) is 0 Å². The van der Waals surface area contributed by atoms with Gasteiger partial charge >= 0.3 is 0 Å². The van der Waals surface area contributed by atoms with Crippen LogP contribution in [0.5, 0.6) is 0 Å². The van der Waals surface area contributed by atoms with Crippen LogP contribution < -0.4 is 0 Å². The lowest BCUT2D eigenvalue weighted by Crippen LogP contribution is -2.04. The molecule has 0 saturated carbocycles. The zero-order chi connectivity index (χ0) is 6.69. The first-order valence-electron chi connectivity index (χ1n) is 2.56. The molecule has 0 aromatic carbocycles. The summed E-state index contributed by atoms with van der Waals surface area (Å²) in [6.45, 7) is 3.39. The molecule has 47 valence electrons. The van der Waals surface area contributed by atoms with E-state index < -0.39 is 6.23 Å². The predicted molar refractivity (Wildman–Crippen MR) is 32.5 cm³/mol. The third-order valence-corrected chi connectivity index (χ3v) is 0.957. The topological polar surface area (TPSA) is 38.0 Å². The van der Waals surface area contributed by atoms with Gasteiger partial charge in [0.25, 0.3) is 0 Å². The van der Waals surface area contributed by atoms with Crippen LogP contribution in [-0.2, 0) is 0 Å². The first kappa shape index (κ1) is 6.04. The third-order valence-electron chi connectivity index (χ3n) is 0.957. The summed E-state index contributed by atoms with van der Waals surface area (Å²) >= 11 is 0. The van der Waals surface area contributed by atoms with E-state index in [9.17, 15) is 0 Å². The molecular weight excluding hydrogens is 116 g/mol. The zero-order valence-corrected chi connectivity index (χ0v) is 4.86. The van der Waals surface area contributed by atoms with Crippen molar-refractivity contribution in [2.24, 2.45) is 0 Å². The summed E-state index contributed by atoms with van der Waals surface area (Å²) in [5.74, 6) is 0. The highest BCUT2D eigenvalue weighted by Crippen LogP contribution is 1.97. The maximum atomic E-state index is 8.98. The van der Waals surface area contributed by atoms with Crippen molar-refractivity contribution < 1.29 is 5.11 Å². The lowest BCUT2D eigenvalue weighted by atomic mass is 10.5. The van der Waals surface area contributed by atoms with E-state index in [2.05, 4.69) is 17.9 Å². The van der Waals surface area contributed by atoms with E-state index in [1.807, 2.05) is 0 Å². The summed E-state index contributed by atoms with van der Waals surface area (Å²) in [5, 5.41) is 12.6. The number of aliphatic hydroxyl groups excluding tert-OH is 1. The van der Waals surface area contributed by atoms with Crippen LogP contribution in [-0.4, -0.2) is 14.9 Å². The van der Waals surface area contributed by atoms with E-state index in [1.54, 1.807) is 12.3 Å². The van der Waals surface area contributed by atoms with Crippen LogP contribution in [0.2, 0.25) is 0 Å². The molecule has 1 radical (unpaired) electrons. The smallest absolute Gasteiger partial charge is 0.165 e. The SMILES string of the molecule is C=CC(O)n1cc[c]n1.